The Morgan fingerprint density at radius 1 is 1.12 bits per heavy atom. The Kier molecular flexibility index (Phi) is 4.54. The van der Waals surface area contributed by atoms with E-state index >= 15 is 0 Å². The number of para-hydroxylation sites is 1. The molecule has 2 aromatic carbocycles. The van der Waals surface area contributed by atoms with Gasteiger partial charge in [-0.1, -0.05) is 32.0 Å². The van der Waals surface area contributed by atoms with Crippen molar-refractivity contribution in [2.24, 2.45) is 17.8 Å². The number of nitro benzene ring substituents is 1. The second-order valence-corrected chi connectivity index (χ2v) is 8.85. The number of anilines is 2. The summed E-state index contributed by atoms with van der Waals surface area (Å²) in [6.45, 7) is 3.84. The van der Waals surface area contributed by atoms with E-state index < -0.39 is 46.1 Å². The molecule has 4 atom stereocenters. The van der Waals surface area contributed by atoms with E-state index in [2.05, 4.69) is 10.6 Å². The van der Waals surface area contributed by atoms with E-state index in [1.54, 1.807) is 24.3 Å². The number of amides is 3. The van der Waals surface area contributed by atoms with Crippen LogP contribution >= 0.6 is 0 Å². The third-order valence-electron chi connectivity index (χ3n) is 6.89. The average Bonchev–Trinajstić information content (AvgIpc) is 3.38. The van der Waals surface area contributed by atoms with E-state index in [9.17, 15) is 24.5 Å². The van der Waals surface area contributed by atoms with Gasteiger partial charge in [0.1, 0.15) is 17.0 Å². The maximum atomic E-state index is 13.9. The van der Waals surface area contributed by atoms with E-state index in [1.807, 2.05) is 13.8 Å². The topological polar surface area (TPSA) is 131 Å². The van der Waals surface area contributed by atoms with Gasteiger partial charge in [0.05, 0.1) is 23.9 Å². The predicted octanol–water partition coefficient (Wildman–Crippen LogP) is 2.18. The smallest absolute Gasteiger partial charge is 0.271 e. The van der Waals surface area contributed by atoms with Crippen LogP contribution in [-0.4, -0.2) is 35.8 Å². The third kappa shape index (κ3) is 2.67. The number of rotatable bonds is 4. The van der Waals surface area contributed by atoms with Crippen LogP contribution in [0.1, 0.15) is 19.4 Å². The Hall–Kier alpha value is -3.79. The van der Waals surface area contributed by atoms with E-state index in [-0.39, 0.29) is 23.0 Å². The Balaban J connectivity index is 1.70. The molecule has 10 nitrogen and oxygen atoms in total. The molecule has 0 aliphatic carbocycles. The van der Waals surface area contributed by atoms with Crippen molar-refractivity contribution in [3.05, 3.63) is 58.1 Å². The van der Waals surface area contributed by atoms with Gasteiger partial charge in [0.25, 0.3) is 5.69 Å². The molecule has 5 rings (SSSR count). The molecule has 2 fully saturated rings. The lowest BCUT2D eigenvalue weighted by molar-refractivity contribution is -0.384. The number of hydrogen-bond donors (Lipinski definition) is 2. The molecule has 10 heteroatoms. The summed E-state index contributed by atoms with van der Waals surface area (Å²) < 4.78 is 5.32. The van der Waals surface area contributed by atoms with E-state index in [0.717, 1.165) is 11.0 Å². The van der Waals surface area contributed by atoms with Gasteiger partial charge < -0.3 is 10.1 Å². The minimum absolute atomic E-state index is 0.000413. The van der Waals surface area contributed by atoms with Gasteiger partial charge in [-0.05, 0) is 18.1 Å². The van der Waals surface area contributed by atoms with Gasteiger partial charge in [-0.2, -0.15) is 0 Å². The molecule has 2 saturated heterocycles. The fraction of sp³-hybridized carbons (Fsp3) is 0.348. The number of nitro groups is 1. The number of nitrogens with zero attached hydrogens (tertiary/aromatic N) is 2. The molecule has 0 bridgehead atoms. The minimum Gasteiger partial charge on any atom is -0.495 e. The van der Waals surface area contributed by atoms with Gasteiger partial charge in [-0.3, -0.25) is 29.8 Å². The molecule has 0 saturated carbocycles. The second kappa shape index (κ2) is 7.11. The first-order valence-corrected chi connectivity index (χ1v) is 10.6. The molecule has 0 aromatic heterocycles. The van der Waals surface area contributed by atoms with Gasteiger partial charge in [-0.25, -0.2) is 4.90 Å². The summed E-state index contributed by atoms with van der Waals surface area (Å²) in [5, 5.41) is 17.6. The van der Waals surface area contributed by atoms with Crippen molar-refractivity contribution in [1.29, 1.82) is 0 Å². The summed E-state index contributed by atoms with van der Waals surface area (Å²) in [5.41, 5.74) is -0.487. The fourth-order valence-electron chi connectivity index (χ4n) is 5.47. The highest BCUT2D eigenvalue weighted by atomic mass is 16.6. The Morgan fingerprint density at radius 2 is 1.85 bits per heavy atom. The van der Waals surface area contributed by atoms with Crippen LogP contribution < -0.4 is 20.3 Å². The molecule has 170 valence electrons. The van der Waals surface area contributed by atoms with Crippen molar-refractivity contribution in [2.45, 2.75) is 25.4 Å². The van der Waals surface area contributed by atoms with Crippen molar-refractivity contribution < 1.29 is 24.0 Å². The molecule has 2 aromatic rings. The van der Waals surface area contributed by atoms with Crippen LogP contribution in [0.2, 0.25) is 0 Å². The number of ether oxygens (including phenoxy) is 1. The molecule has 3 aliphatic heterocycles. The minimum atomic E-state index is -1.41. The van der Waals surface area contributed by atoms with Crippen LogP contribution in [0.4, 0.5) is 17.1 Å². The Bertz CT molecular complexity index is 1230. The lowest BCUT2D eigenvalue weighted by Gasteiger charge is -2.30. The molecule has 2 N–H and O–H groups in total. The monoisotopic (exact) mass is 450 g/mol. The highest BCUT2D eigenvalue weighted by Crippen LogP contribution is 2.55. The highest BCUT2D eigenvalue weighted by Gasteiger charge is 2.71. The van der Waals surface area contributed by atoms with Gasteiger partial charge in [0.2, 0.25) is 17.7 Å². The van der Waals surface area contributed by atoms with Gasteiger partial charge >= 0.3 is 0 Å². The van der Waals surface area contributed by atoms with E-state index in [4.69, 9.17) is 4.74 Å². The summed E-state index contributed by atoms with van der Waals surface area (Å²) in [6, 6.07) is 10.4. The highest BCUT2D eigenvalue weighted by molar-refractivity contribution is 6.26. The molecule has 3 heterocycles. The van der Waals surface area contributed by atoms with Gasteiger partial charge in [-0.15, -0.1) is 0 Å². The first-order valence-electron chi connectivity index (χ1n) is 10.6. The Labute approximate surface area is 189 Å². The number of imide groups is 1. The summed E-state index contributed by atoms with van der Waals surface area (Å²) in [4.78, 5) is 52.7. The van der Waals surface area contributed by atoms with Crippen LogP contribution in [-0.2, 0) is 19.9 Å². The largest absolute Gasteiger partial charge is 0.495 e. The normalized spacial score (nSPS) is 27.8. The first-order chi connectivity index (χ1) is 15.7. The molecule has 0 radical (unpaired) electrons. The number of hydrogen-bond acceptors (Lipinski definition) is 7. The van der Waals surface area contributed by atoms with E-state index in [1.165, 1.54) is 19.2 Å². The zero-order valence-corrected chi connectivity index (χ0v) is 18.2. The van der Waals surface area contributed by atoms with Crippen LogP contribution in [0.5, 0.6) is 5.75 Å². The number of methoxy groups -OCH3 is 1. The van der Waals surface area contributed by atoms with Crippen LogP contribution in [0.3, 0.4) is 0 Å². The lowest BCUT2D eigenvalue weighted by atomic mass is 9.76. The number of non-ortho nitro benzene ring substituents is 1. The number of carbonyl (C=O) groups excluding carboxylic acids is 3. The number of nitrogens with one attached hydrogen (secondary N) is 2. The van der Waals surface area contributed by atoms with E-state index in [0.29, 0.717) is 11.3 Å². The number of benzene rings is 2. The fourth-order valence-corrected chi connectivity index (χ4v) is 5.47. The SMILES string of the molecule is COc1ccc([N+](=O)[O-])cc1N1C(=O)[C@H]2[C@@H](C1=O)[C@@]1(N[C@H]2C(C)C)C(=O)Nc2ccccc21. The van der Waals surface area contributed by atoms with Crippen LogP contribution in [0.15, 0.2) is 42.5 Å². The molecular formula is C23H22N4O6. The van der Waals surface area contributed by atoms with Crippen molar-refractivity contribution in [3.8, 4) is 5.75 Å². The zero-order valence-electron chi connectivity index (χ0n) is 18.2. The number of carbonyl (C=O) groups is 3. The van der Waals surface area contributed by atoms with Crippen LogP contribution in [0.25, 0.3) is 0 Å². The van der Waals surface area contributed by atoms with Crippen molar-refractivity contribution in [3.63, 3.8) is 0 Å². The maximum Gasteiger partial charge on any atom is 0.271 e. The quantitative estimate of drug-likeness (QED) is 0.415. The van der Waals surface area contributed by atoms with Crippen molar-refractivity contribution in [1.82, 2.24) is 5.32 Å². The predicted molar refractivity (Wildman–Crippen MR) is 118 cm³/mol. The molecule has 33 heavy (non-hydrogen) atoms. The second-order valence-electron chi connectivity index (χ2n) is 8.85. The van der Waals surface area contributed by atoms with Gasteiger partial charge in [0, 0.05) is 29.4 Å². The third-order valence-corrected chi connectivity index (χ3v) is 6.89. The molecule has 3 aliphatic rings. The van der Waals surface area contributed by atoms with Crippen molar-refractivity contribution >= 4 is 34.8 Å². The summed E-state index contributed by atoms with van der Waals surface area (Å²) in [5.74, 6) is -3.24. The summed E-state index contributed by atoms with van der Waals surface area (Å²) in [6.07, 6.45) is 0. The summed E-state index contributed by atoms with van der Waals surface area (Å²) >= 11 is 0. The average molecular weight is 450 g/mol. The molecule has 0 unspecified atom stereocenters. The maximum absolute atomic E-state index is 13.9. The molecule has 3 amide bonds. The van der Waals surface area contributed by atoms with Crippen molar-refractivity contribution in [2.75, 3.05) is 17.3 Å². The molecular weight excluding hydrogens is 428 g/mol. The standard InChI is InChI=1S/C23H22N4O6/c1-11(2)19-17-18(23(25-19)13-6-4-5-7-14(13)24-22(23)30)21(29)26(20(17)28)15-10-12(27(31)32)8-9-16(15)33-3/h4-11,17-19,25H,1-3H3,(H,24,30)/t17-,18-,19-,23+/m0/s1. The van der Waals surface area contributed by atoms with Crippen LogP contribution in [0, 0.1) is 27.9 Å². The van der Waals surface area contributed by atoms with Gasteiger partial charge in [0.15, 0.2) is 0 Å². The number of fused-ring (bicyclic) bond motifs is 4. The molecule has 1 spiro atoms. The zero-order chi connectivity index (χ0) is 23.7. The summed E-state index contributed by atoms with van der Waals surface area (Å²) in [7, 11) is 1.36. The lowest BCUT2D eigenvalue weighted by Crippen LogP contribution is -2.54. The first kappa shape index (κ1) is 21.1. The Morgan fingerprint density at radius 3 is 2.52 bits per heavy atom.